The van der Waals surface area contributed by atoms with E-state index in [0.717, 1.165) is 50.3 Å². The minimum atomic E-state index is 0.461. The number of fused-ring (bicyclic) bond motifs is 10. The first-order chi connectivity index (χ1) is 22.2. The number of rotatable bonds is 2. The zero-order valence-electron chi connectivity index (χ0n) is 24.8. The van der Waals surface area contributed by atoms with Crippen molar-refractivity contribution in [2.45, 2.75) is 13.3 Å². The van der Waals surface area contributed by atoms with Gasteiger partial charge in [0.2, 0.25) is 0 Å². The smallest absolute Gasteiger partial charge is 0.136 e. The standard InChI is InChI=1S/C43H28O2/c1-25-17-19-32-34(23-25)41(29-15-8-10-26-9-2-3-11-28(26)29)31-13-5-4-12-30(31)40(32)27-18-20-37-35(24-27)43-39(45-37)22-21-38-42(43)33-14-6-7-16-36(33)44-38/h2-22,24-25H,23H2,1H3. The van der Waals surface area contributed by atoms with Gasteiger partial charge in [0.25, 0.3) is 0 Å². The van der Waals surface area contributed by atoms with Crippen LogP contribution in [0.1, 0.15) is 18.1 Å². The third-order valence-corrected chi connectivity index (χ3v) is 9.80. The van der Waals surface area contributed by atoms with Gasteiger partial charge in [-0.2, -0.15) is 0 Å². The van der Waals surface area contributed by atoms with Gasteiger partial charge >= 0.3 is 0 Å². The first-order valence-corrected chi connectivity index (χ1v) is 15.7. The quantitative estimate of drug-likeness (QED) is 0.205. The molecule has 2 heteroatoms. The maximum Gasteiger partial charge on any atom is 0.136 e. The highest BCUT2D eigenvalue weighted by atomic mass is 16.3. The summed E-state index contributed by atoms with van der Waals surface area (Å²) in [4.78, 5) is 0. The fraction of sp³-hybridized carbons (Fsp3) is 0.0698. The molecule has 1 unspecified atom stereocenters. The Kier molecular flexibility index (Phi) is 5.07. The molecule has 2 heterocycles. The fourth-order valence-corrected chi connectivity index (χ4v) is 7.86. The van der Waals surface area contributed by atoms with Gasteiger partial charge < -0.3 is 8.83 Å². The molecule has 0 saturated carbocycles. The average Bonchev–Trinajstić information content (AvgIpc) is 3.64. The van der Waals surface area contributed by atoms with E-state index in [0.29, 0.717) is 5.92 Å². The van der Waals surface area contributed by atoms with Crippen LogP contribution in [-0.4, -0.2) is 0 Å². The molecule has 0 N–H and O–H groups in total. The molecule has 0 amide bonds. The van der Waals surface area contributed by atoms with E-state index in [1.54, 1.807) is 0 Å². The highest BCUT2D eigenvalue weighted by Crippen LogP contribution is 2.48. The van der Waals surface area contributed by atoms with Gasteiger partial charge in [0, 0.05) is 21.5 Å². The summed E-state index contributed by atoms with van der Waals surface area (Å²) in [5, 5.41) is 9.59. The van der Waals surface area contributed by atoms with Gasteiger partial charge in [-0.05, 0) is 97.6 Å². The number of hydrogen-bond donors (Lipinski definition) is 0. The van der Waals surface area contributed by atoms with Crippen molar-refractivity contribution in [1.29, 1.82) is 0 Å². The zero-order chi connectivity index (χ0) is 29.6. The maximum atomic E-state index is 6.45. The molecule has 10 rings (SSSR count). The van der Waals surface area contributed by atoms with Crippen LogP contribution in [0.25, 0.3) is 93.8 Å². The molecule has 45 heavy (non-hydrogen) atoms. The molecule has 0 spiro atoms. The Morgan fingerprint density at radius 2 is 1.16 bits per heavy atom. The highest BCUT2D eigenvalue weighted by molar-refractivity contribution is 6.26. The molecule has 1 aliphatic carbocycles. The molecule has 0 aliphatic heterocycles. The van der Waals surface area contributed by atoms with Gasteiger partial charge in [0.05, 0.1) is 0 Å². The van der Waals surface area contributed by atoms with Crippen molar-refractivity contribution in [2.75, 3.05) is 0 Å². The Morgan fingerprint density at radius 1 is 0.533 bits per heavy atom. The molecule has 2 nitrogen and oxygen atoms in total. The van der Waals surface area contributed by atoms with E-state index in [9.17, 15) is 0 Å². The third kappa shape index (κ3) is 3.51. The molecule has 0 bridgehead atoms. The van der Waals surface area contributed by atoms with Gasteiger partial charge in [0.15, 0.2) is 0 Å². The van der Waals surface area contributed by atoms with Crippen LogP contribution in [-0.2, 0) is 6.42 Å². The summed E-state index contributed by atoms with van der Waals surface area (Å²) in [7, 11) is 0. The summed E-state index contributed by atoms with van der Waals surface area (Å²) in [5.41, 5.74) is 11.5. The van der Waals surface area contributed by atoms with Crippen molar-refractivity contribution in [3.8, 4) is 22.3 Å². The number of hydrogen-bond acceptors (Lipinski definition) is 2. The summed E-state index contributed by atoms with van der Waals surface area (Å²) >= 11 is 0. The van der Waals surface area contributed by atoms with Gasteiger partial charge in [-0.15, -0.1) is 0 Å². The Balaban J connectivity index is 1.32. The molecule has 2 aromatic heterocycles. The largest absolute Gasteiger partial charge is 0.456 e. The van der Waals surface area contributed by atoms with E-state index in [-0.39, 0.29) is 0 Å². The zero-order valence-corrected chi connectivity index (χ0v) is 24.8. The van der Waals surface area contributed by atoms with Gasteiger partial charge in [-0.3, -0.25) is 0 Å². The fourth-order valence-electron chi connectivity index (χ4n) is 7.86. The molecular formula is C43H28O2. The van der Waals surface area contributed by atoms with Gasteiger partial charge in [-0.1, -0.05) is 110 Å². The van der Waals surface area contributed by atoms with Crippen LogP contribution in [0.4, 0.5) is 0 Å². The lowest BCUT2D eigenvalue weighted by Crippen LogP contribution is -2.08. The van der Waals surface area contributed by atoms with E-state index < -0.39 is 0 Å². The molecule has 0 saturated heterocycles. The third-order valence-electron chi connectivity index (χ3n) is 9.80. The van der Waals surface area contributed by atoms with Crippen molar-refractivity contribution in [2.24, 2.45) is 5.92 Å². The predicted octanol–water partition coefficient (Wildman–Crippen LogP) is 12.3. The summed E-state index contributed by atoms with van der Waals surface area (Å²) in [6.45, 7) is 2.32. The lowest BCUT2D eigenvalue weighted by Gasteiger charge is -2.26. The van der Waals surface area contributed by atoms with Gasteiger partial charge in [0.1, 0.15) is 22.3 Å². The summed E-state index contributed by atoms with van der Waals surface area (Å²) in [5.74, 6) is 0.461. The lowest BCUT2D eigenvalue weighted by atomic mass is 9.77. The lowest BCUT2D eigenvalue weighted by molar-refractivity contribution is 0.663. The second-order valence-corrected chi connectivity index (χ2v) is 12.5. The van der Waals surface area contributed by atoms with Crippen LogP contribution in [0.3, 0.4) is 0 Å². The average molecular weight is 577 g/mol. The molecule has 0 radical (unpaired) electrons. The second kappa shape index (κ2) is 9.20. The second-order valence-electron chi connectivity index (χ2n) is 12.5. The Labute approximate surface area is 259 Å². The van der Waals surface area contributed by atoms with Crippen molar-refractivity contribution < 1.29 is 8.83 Å². The van der Waals surface area contributed by atoms with E-state index in [1.165, 1.54) is 54.9 Å². The molecule has 1 aliphatic rings. The molecule has 1 atom stereocenters. The summed E-state index contributed by atoms with van der Waals surface area (Å²) in [6, 6.07) is 43.5. The van der Waals surface area contributed by atoms with Crippen molar-refractivity contribution in [3.63, 3.8) is 0 Å². The van der Waals surface area contributed by atoms with Crippen LogP contribution in [0.15, 0.2) is 136 Å². The Hall–Kier alpha value is -5.60. The molecular weight excluding hydrogens is 548 g/mol. The van der Waals surface area contributed by atoms with E-state index in [2.05, 4.69) is 116 Å². The van der Waals surface area contributed by atoms with Crippen LogP contribution in [0.5, 0.6) is 0 Å². The van der Waals surface area contributed by atoms with Crippen molar-refractivity contribution in [1.82, 2.24) is 0 Å². The minimum Gasteiger partial charge on any atom is -0.456 e. The van der Waals surface area contributed by atoms with Crippen molar-refractivity contribution >= 4 is 71.5 Å². The molecule has 212 valence electrons. The summed E-state index contributed by atoms with van der Waals surface area (Å²) in [6.07, 6.45) is 5.75. The molecule has 9 aromatic rings. The van der Waals surface area contributed by atoms with Crippen LogP contribution in [0, 0.1) is 5.92 Å². The highest BCUT2D eigenvalue weighted by Gasteiger charge is 2.25. The van der Waals surface area contributed by atoms with Crippen LogP contribution < -0.4 is 0 Å². The number of furan rings is 2. The molecule has 7 aromatic carbocycles. The van der Waals surface area contributed by atoms with Crippen LogP contribution in [0.2, 0.25) is 0 Å². The SMILES string of the molecule is CC1C=Cc2c(c(-c3cccc4ccccc34)c3ccccc3c2-c2ccc3oc4ccc5oc6ccccc6c5c4c3c2)C1. The van der Waals surface area contributed by atoms with Crippen LogP contribution >= 0.6 is 0 Å². The monoisotopic (exact) mass is 576 g/mol. The summed E-state index contributed by atoms with van der Waals surface area (Å²) < 4.78 is 12.7. The number of para-hydroxylation sites is 1. The van der Waals surface area contributed by atoms with E-state index >= 15 is 0 Å². The van der Waals surface area contributed by atoms with E-state index in [4.69, 9.17) is 8.83 Å². The first kappa shape index (κ1) is 24.8. The van der Waals surface area contributed by atoms with Crippen molar-refractivity contribution in [3.05, 3.63) is 139 Å². The Bertz CT molecular complexity index is 2690. The van der Waals surface area contributed by atoms with Gasteiger partial charge in [-0.25, -0.2) is 0 Å². The normalized spacial score (nSPS) is 14.8. The van der Waals surface area contributed by atoms with E-state index in [1.807, 2.05) is 24.3 Å². The molecule has 0 fully saturated rings. The predicted molar refractivity (Wildman–Crippen MR) is 189 cm³/mol. The minimum absolute atomic E-state index is 0.461. The number of allylic oxidation sites excluding steroid dienone is 1. The number of benzene rings is 7. The topological polar surface area (TPSA) is 26.3 Å². The first-order valence-electron chi connectivity index (χ1n) is 15.7. The Morgan fingerprint density at radius 3 is 1.98 bits per heavy atom. The maximum absolute atomic E-state index is 6.45.